The van der Waals surface area contributed by atoms with Crippen LogP contribution in [0.15, 0.2) is 0 Å². The zero-order valence-electron chi connectivity index (χ0n) is 12.1. The number of ketones is 3. The third kappa shape index (κ3) is 10.1. The van der Waals surface area contributed by atoms with Gasteiger partial charge in [0.2, 0.25) is 5.91 Å². The van der Waals surface area contributed by atoms with Crippen molar-refractivity contribution in [3.8, 4) is 0 Å². The van der Waals surface area contributed by atoms with Crippen molar-refractivity contribution in [3.63, 3.8) is 0 Å². The summed E-state index contributed by atoms with van der Waals surface area (Å²) >= 11 is 0. The SMILES string of the molecule is CC(=O)CC(C)CC(=O)NC(CC(C)=O)CC(C)=O. The molecule has 0 aromatic heterocycles. The van der Waals surface area contributed by atoms with E-state index in [0.29, 0.717) is 6.42 Å². The molecule has 0 bridgehead atoms. The molecular formula is C14H23NO4. The molecule has 0 aliphatic rings. The van der Waals surface area contributed by atoms with E-state index < -0.39 is 6.04 Å². The van der Waals surface area contributed by atoms with E-state index in [1.807, 2.05) is 6.92 Å². The molecule has 5 nitrogen and oxygen atoms in total. The van der Waals surface area contributed by atoms with Gasteiger partial charge >= 0.3 is 0 Å². The van der Waals surface area contributed by atoms with Crippen molar-refractivity contribution in [2.24, 2.45) is 5.92 Å². The number of rotatable bonds is 9. The Bertz CT molecular complexity index is 346. The van der Waals surface area contributed by atoms with Gasteiger partial charge in [-0.2, -0.15) is 0 Å². The van der Waals surface area contributed by atoms with Crippen molar-refractivity contribution in [1.82, 2.24) is 5.32 Å². The average molecular weight is 269 g/mol. The van der Waals surface area contributed by atoms with Gasteiger partial charge in [-0.25, -0.2) is 0 Å². The summed E-state index contributed by atoms with van der Waals surface area (Å²) in [5, 5.41) is 2.69. The first kappa shape index (κ1) is 17.5. The largest absolute Gasteiger partial charge is 0.352 e. The van der Waals surface area contributed by atoms with Crippen LogP contribution in [-0.4, -0.2) is 29.3 Å². The van der Waals surface area contributed by atoms with Gasteiger partial charge in [0.1, 0.15) is 17.3 Å². The van der Waals surface area contributed by atoms with Crippen molar-refractivity contribution < 1.29 is 19.2 Å². The van der Waals surface area contributed by atoms with Gasteiger partial charge in [0.25, 0.3) is 0 Å². The number of carbonyl (C=O) groups is 4. The minimum atomic E-state index is -0.438. The molecule has 0 aliphatic carbocycles. The van der Waals surface area contributed by atoms with Crippen LogP contribution in [0.25, 0.3) is 0 Å². The topological polar surface area (TPSA) is 80.3 Å². The van der Waals surface area contributed by atoms with E-state index in [1.54, 1.807) is 0 Å². The standard InChI is InChI=1S/C14H23NO4/c1-9(5-10(2)16)6-14(19)15-13(7-11(3)17)8-12(4)18/h9,13H,5-8H2,1-4H3,(H,15,19). The molecule has 1 N–H and O–H groups in total. The number of hydrogen-bond acceptors (Lipinski definition) is 4. The Balaban J connectivity index is 4.32. The minimum absolute atomic E-state index is 0.0344. The quantitative estimate of drug-likeness (QED) is 0.686. The predicted octanol–water partition coefficient (Wildman–Crippen LogP) is 1.43. The molecule has 0 saturated heterocycles. The lowest BCUT2D eigenvalue weighted by atomic mass is 10.00. The Morgan fingerprint density at radius 2 is 1.21 bits per heavy atom. The number of amides is 1. The summed E-state index contributed by atoms with van der Waals surface area (Å²) in [6.45, 7) is 6.17. The molecule has 0 saturated carbocycles. The van der Waals surface area contributed by atoms with E-state index in [4.69, 9.17) is 0 Å². The monoisotopic (exact) mass is 269 g/mol. The Labute approximate surface area is 114 Å². The molecule has 1 unspecified atom stereocenters. The minimum Gasteiger partial charge on any atom is -0.352 e. The molecule has 0 radical (unpaired) electrons. The van der Waals surface area contributed by atoms with E-state index in [9.17, 15) is 19.2 Å². The molecular weight excluding hydrogens is 246 g/mol. The van der Waals surface area contributed by atoms with Crippen LogP contribution in [0.5, 0.6) is 0 Å². The van der Waals surface area contributed by atoms with Crippen molar-refractivity contribution in [1.29, 1.82) is 0 Å². The zero-order chi connectivity index (χ0) is 15.0. The maximum atomic E-state index is 11.8. The highest BCUT2D eigenvalue weighted by Crippen LogP contribution is 2.09. The van der Waals surface area contributed by atoms with Crippen LogP contribution in [0, 0.1) is 5.92 Å². The van der Waals surface area contributed by atoms with Gasteiger partial charge in [0.05, 0.1) is 0 Å². The second-order valence-corrected chi connectivity index (χ2v) is 5.29. The van der Waals surface area contributed by atoms with Crippen molar-refractivity contribution >= 4 is 23.3 Å². The molecule has 108 valence electrons. The second kappa shape index (κ2) is 8.56. The maximum Gasteiger partial charge on any atom is 0.220 e. The fourth-order valence-electron chi connectivity index (χ4n) is 2.03. The van der Waals surface area contributed by atoms with E-state index in [-0.39, 0.29) is 48.4 Å². The van der Waals surface area contributed by atoms with E-state index in [2.05, 4.69) is 5.32 Å². The maximum absolute atomic E-state index is 11.8. The highest BCUT2D eigenvalue weighted by Gasteiger charge is 2.18. The van der Waals surface area contributed by atoms with E-state index in [0.717, 1.165) is 0 Å². The summed E-state index contributed by atoms with van der Waals surface area (Å²) in [4.78, 5) is 44.8. The summed E-state index contributed by atoms with van der Waals surface area (Å²) in [7, 11) is 0. The first-order chi connectivity index (χ1) is 8.70. The van der Waals surface area contributed by atoms with E-state index >= 15 is 0 Å². The van der Waals surface area contributed by atoms with Crippen LogP contribution in [0.1, 0.15) is 53.4 Å². The van der Waals surface area contributed by atoms with Crippen molar-refractivity contribution in [3.05, 3.63) is 0 Å². The number of nitrogens with one attached hydrogen (secondary N) is 1. The highest BCUT2D eigenvalue weighted by molar-refractivity contribution is 5.83. The Morgan fingerprint density at radius 1 is 0.789 bits per heavy atom. The van der Waals surface area contributed by atoms with Crippen LogP contribution >= 0.6 is 0 Å². The number of Topliss-reactive ketones (excluding diaryl/α,β-unsaturated/α-hetero) is 3. The molecule has 19 heavy (non-hydrogen) atoms. The summed E-state index contributed by atoms with van der Waals surface area (Å²) in [6, 6.07) is -0.438. The molecule has 0 aromatic rings. The van der Waals surface area contributed by atoms with Crippen LogP contribution in [0.4, 0.5) is 0 Å². The van der Waals surface area contributed by atoms with Crippen LogP contribution in [0.2, 0.25) is 0 Å². The van der Waals surface area contributed by atoms with Crippen molar-refractivity contribution in [2.45, 2.75) is 59.4 Å². The van der Waals surface area contributed by atoms with Gasteiger partial charge in [-0.3, -0.25) is 14.4 Å². The van der Waals surface area contributed by atoms with Gasteiger partial charge in [0, 0.05) is 31.7 Å². The van der Waals surface area contributed by atoms with Gasteiger partial charge in [-0.1, -0.05) is 6.92 Å². The van der Waals surface area contributed by atoms with Crippen LogP contribution in [0.3, 0.4) is 0 Å². The lowest BCUT2D eigenvalue weighted by molar-refractivity contribution is -0.124. The molecule has 5 heteroatoms. The first-order valence-corrected chi connectivity index (χ1v) is 6.48. The van der Waals surface area contributed by atoms with Crippen molar-refractivity contribution in [2.75, 3.05) is 0 Å². The average Bonchev–Trinajstić information content (AvgIpc) is 2.11. The fourth-order valence-corrected chi connectivity index (χ4v) is 2.03. The normalized spacial score (nSPS) is 12.1. The summed E-state index contributed by atoms with van der Waals surface area (Å²) in [6.07, 6.45) is 0.905. The Morgan fingerprint density at radius 3 is 1.58 bits per heavy atom. The van der Waals surface area contributed by atoms with E-state index in [1.165, 1.54) is 20.8 Å². The Kier molecular flexibility index (Phi) is 7.87. The highest BCUT2D eigenvalue weighted by atomic mass is 16.2. The number of carbonyl (C=O) groups excluding carboxylic acids is 4. The second-order valence-electron chi connectivity index (χ2n) is 5.29. The van der Waals surface area contributed by atoms with Crippen LogP contribution < -0.4 is 5.32 Å². The predicted molar refractivity (Wildman–Crippen MR) is 71.6 cm³/mol. The molecule has 0 fully saturated rings. The lowest BCUT2D eigenvalue weighted by Gasteiger charge is -2.17. The number of hydrogen-bond donors (Lipinski definition) is 1. The molecule has 0 aliphatic heterocycles. The molecule has 0 aromatic carbocycles. The molecule has 1 amide bonds. The molecule has 0 spiro atoms. The Hall–Kier alpha value is -1.52. The van der Waals surface area contributed by atoms with Gasteiger partial charge in [-0.05, 0) is 26.7 Å². The first-order valence-electron chi connectivity index (χ1n) is 6.48. The summed E-state index contributed by atoms with van der Waals surface area (Å²) in [5.74, 6) is -0.343. The third-order valence-corrected chi connectivity index (χ3v) is 2.60. The van der Waals surface area contributed by atoms with Gasteiger partial charge < -0.3 is 10.1 Å². The molecule has 0 rings (SSSR count). The zero-order valence-corrected chi connectivity index (χ0v) is 12.1. The smallest absolute Gasteiger partial charge is 0.220 e. The summed E-state index contributed by atoms with van der Waals surface area (Å²) in [5.41, 5.74) is 0. The fraction of sp³-hybridized carbons (Fsp3) is 0.714. The third-order valence-electron chi connectivity index (χ3n) is 2.60. The lowest BCUT2D eigenvalue weighted by Crippen LogP contribution is -2.38. The molecule has 1 atom stereocenters. The summed E-state index contributed by atoms with van der Waals surface area (Å²) < 4.78 is 0. The van der Waals surface area contributed by atoms with Gasteiger partial charge in [0.15, 0.2) is 0 Å². The van der Waals surface area contributed by atoms with Crippen LogP contribution in [-0.2, 0) is 19.2 Å². The molecule has 0 heterocycles. The van der Waals surface area contributed by atoms with Gasteiger partial charge in [-0.15, -0.1) is 0 Å².